The Kier molecular flexibility index (Phi) is 11.7. The topological polar surface area (TPSA) is 30.9 Å². The van der Waals surface area contributed by atoms with Gasteiger partial charge in [0.05, 0.1) is 0 Å². The molecule has 1 aromatic rings. The molecule has 144 valence electrons. The van der Waals surface area contributed by atoms with Crippen molar-refractivity contribution in [3.63, 3.8) is 0 Å². The zero-order chi connectivity index (χ0) is 17.2. The van der Waals surface area contributed by atoms with Crippen molar-refractivity contribution < 1.29 is 0 Å². The molecule has 0 atom stereocenters. The summed E-state index contributed by atoms with van der Waals surface area (Å²) in [6.07, 6.45) is 5.00. The quantitative estimate of drug-likeness (QED) is 0.349. The lowest BCUT2D eigenvalue weighted by atomic mass is 9.94. The predicted molar refractivity (Wildman–Crippen MR) is 122 cm³/mol. The molecular weight excluding hydrogens is 443 g/mol. The van der Waals surface area contributed by atoms with Crippen molar-refractivity contribution in [2.45, 2.75) is 39.5 Å². The Morgan fingerprint density at radius 1 is 1.36 bits per heavy atom. The van der Waals surface area contributed by atoms with Gasteiger partial charge in [-0.2, -0.15) is 0 Å². The normalized spacial score (nSPS) is 16.5. The maximum Gasteiger partial charge on any atom is 0.193 e. The van der Waals surface area contributed by atoms with E-state index in [0.29, 0.717) is 0 Å². The molecule has 1 aromatic heterocycles. The highest BCUT2D eigenvalue weighted by Gasteiger charge is 2.17. The second-order valence-electron chi connectivity index (χ2n) is 6.65. The molecule has 1 N–H and O–H groups in total. The van der Waals surface area contributed by atoms with E-state index in [2.05, 4.69) is 53.5 Å². The maximum absolute atomic E-state index is 4.87. The first-order valence-electron chi connectivity index (χ1n) is 9.47. The molecule has 2 heterocycles. The number of hydrogen-bond donors (Lipinski definition) is 1. The number of hydrogen-bond acceptors (Lipinski definition) is 3. The molecule has 0 unspecified atom stereocenters. The van der Waals surface area contributed by atoms with Crippen molar-refractivity contribution in [2.75, 3.05) is 46.3 Å². The Balaban J connectivity index is 0.00000312. The van der Waals surface area contributed by atoms with Crippen molar-refractivity contribution in [3.8, 4) is 0 Å². The van der Waals surface area contributed by atoms with E-state index in [4.69, 9.17) is 4.99 Å². The summed E-state index contributed by atoms with van der Waals surface area (Å²) >= 11 is 1.84. The van der Waals surface area contributed by atoms with Crippen molar-refractivity contribution in [1.29, 1.82) is 0 Å². The minimum atomic E-state index is 0. The van der Waals surface area contributed by atoms with Gasteiger partial charge in [-0.1, -0.05) is 13.0 Å². The fourth-order valence-electron chi connectivity index (χ4n) is 3.25. The Hall–Kier alpha value is -0.340. The van der Waals surface area contributed by atoms with Gasteiger partial charge in [-0.05, 0) is 69.6 Å². The molecule has 25 heavy (non-hydrogen) atoms. The summed E-state index contributed by atoms with van der Waals surface area (Å²) in [5.41, 5.74) is 0. The lowest BCUT2D eigenvalue weighted by molar-refractivity contribution is 0.188. The summed E-state index contributed by atoms with van der Waals surface area (Å²) in [6, 6.07) is 4.34. The second-order valence-corrected chi connectivity index (χ2v) is 7.69. The Bertz CT molecular complexity index is 470. The van der Waals surface area contributed by atoms with Gasteiger partial charge in [-0.15, -0.1) is 35.3 Å². The van der Waals surface area contributed by atoms with E-state index >= 15 is 0 Å². The molecule has 1 aliphatic rings. The third-order valence-electron chi connectivity index (χ3n) is 4.92. The molecule has 0 saturated carbocycles. The van der Waals surface area contributed by atoms with E-state index in [9.17, 15) is 0 Å². The molecule has 6 heteroatoms. The number of halogens is 1. The van der Waals surface area contributed by atoms with Crippen LogP contribution in [0.15, 0.2) is 22.5 Å². The molecule has 0 radical (unpaired) electrons. The number of likely N-dealkylation sites (tertiary alicyclic amines) is 1. The number of nitrogens with zero attached hydrogens (tertiary/aromatic N) is 3. The minimum Gasteiger partial charge on any atom is -0.357 e. The summed E-state index contributed by atoms with van der Waals surface area (Å²) in [4.78, 5) is 11.1. The average Bonchev–Trinajstić information content (AvgIpc) is 3.13. The first-order valence-corrected chi connectivity index (χ1v) is 10.3. The van der Waals surface area contributed by atoms with Gasteiger partial charge in [0.15, 0.2) is 5.96 Å². The van der Waals surface area contributed by atoms with Crippen molar-refractivity contribution in [3.05, 3.63) is 22.4 Å². The van der Waals surface area contributed by atoms with Crippen molar-refractivity contribution >= 4 is 41.3 Å². The van der Waals surface area contributed by atoms with E-state index in [-0.39, 0.29) is 24.0 Å². The van der Waals surface area contributed by atoms with Gasteiger partial charge in [-0.25, -0.2) is 0 Å². The van der Waals surface area contributed by atoms with E-state index < -0.39 is 0 Å². The molecular formula is C19H35IN4S. The van der Waals surface area contributed by atoms with Gasteiger partial charge in [-0.3, -0.25) is 4.99 Å². The van der Waals surface area contributed by atoms with Gasteiger partial charge in [0.2, 0.25) is 0 Å². The monoisotopic (exact) mass is 478 g/mol. The molecule has 2 rings (SSSR count). The Morgan fingerprint density at radius 2 is 2.12 bits per heavy atom. The van der Waals surface area contributed by atoms with Crippen LogP contribution in [-0.4, -0.2) is 62.1 Å². The number of likely N-dealkylation sites (N-methyl/N-ethyl adjacent to an activating group) is 1. The van der Waals surface area contributed by atoms with Crippen LogP contribution in [0.5, 0.6) is 0 Å². The fraction of sp³-hybridized carbons (Fsp3) is 0.737. The zero-order valence-electron chi connectivity index (χ0n) is 16.0. The number of rotatable bonds is 8. The fourth-order valence-corrected chi connectivity index (χ4v) is 3.95. The summed E-state index contributed by atoms with van der Waals surface area (Å²) in [5.74, 6) is 1.91. The molecule has 0 aromatic carbocycles. The highest BCUT2D eigenvalue weighted by Crippen LogP contribution is 2.20. The van der Waals surface area contributed by atoms with Crippen LogP contribution in [0.1, 0.15) is 38.0 Å². The van der Waals surface area contributed by atoms with Crippen LogP contribution in [0.3, 0.4) is 0 Å². The van der Waals surface area contributed by atoms with Gasteiger partial charge in [0.1, 0.15) is 0 Å². The van der Waals surface area contributed by atoms with Crippen LogP contribution < -0.4 is 5.32 Å². The SMILES string of the molecule is CCNC(=NCCC1CCN(CC)CC1)N(C)CCc1cccs1.I. The van der Waals surface area contributed by atoms with Crippen LogP contribution in [0, 0.1) is 5.92 Å². The molecule has 1 fully saturated rings. The van der Waals surface area contributed by atoms with Gasteiger partial charge < -0.3 is 15.1 Å². The lowest BCUT2D eigenvalue weighted by Crippen LogP contribution is -2.40. The predicted octanol–water partition coefficient (Wildman–Crippen LogP) is 3.93. The van der Waals surface area contributed by atoms with Gasteiger partial charge in [0, 0.05) is 31.6 Å². The molecule has 0 bridgehead atoms. The van der Waals surface area contributed by atoms with Crippen LogP contribution in [-0.2, 0) is 6.42 Å². The summed E-state index contributed by atoms with van der Waals surface area (Å²) in [5, 5.41) is 5.59. The zero-order valence-corrected chi connectivity index (χ0v) is 19.2. The largest absolute Gasteiger partial charge is 0.357 e. The average molecular weight is 478 g/mol. The number of aliphatic imine (C=N–C) groups is 1. The third-order valence-corrected chi connectivity index (χ3v) is 5.86. The summed E-state index contributed by atoms with van der Waals surface area (Å²) in [7, 11) is 2.15. The molecule has 0 aliphatic carbocycles. The van der Waals surface area contributed by atoms with Crippen molar-refractivity contribution in [1.82, 2.24) is 15.1 Å². The number of piperidine rings is 1. The van der Waals surface area contributed by atoms with Gasteiger partial charge >= 0.3 is 0 Å². The minimum absolute atomic E-state index is 0. The van der Waals surface area contributed by atoms with Crippen LogP contribution >= 0.6 is 35.3 Å². The molecule has 1 aliphatic heterocycles. The Morgan fingerprint density at radius 3 is 2.72 bits per heavy atom. The molecule has 0 amide bonds. The Labute approximate surface area is 175 Å². The van der Waals surface area contributed by atoms with E-state index in [1.807, 2.05) is 11.3 Å². The first-order chi connectivity index (χ1) is 11.7. The highest BCUT2D eigenvalue weighted by molar-refractivity contribution is 14.0. The smallest absolute Gasteiger partial charge is 0.193 e. The number of nitrogens with one attached hydrogen (secondary N) is 1. The second kappa shape index (κ2) is 12.9. The van der Waals surface area contributed by atoms with Gasteiger partial charge in [0.25, 0.3) is 0 Å². The molecule has 1 saturated heterocycles. The first kappa shape index (κ1) is 22.7. The summed E-state index contributed by atoms with van der Waals surface area (Å²) < 4.78 is 0. The third kappa shape index (κ3) is 8.26. The van der Waals surface area contributed by atoms with Crippen LogP contribution in [0.25, 0.3) is 0 Å². The van der Waals surface area contributed by atoms with E-state index in [1.165, 1.54) is 43.8 Å². The summed E-state index contributed by atoms with van der Waals surface area (Å²) in [6.45, 7) is 11.0. The number of thiophene rings is 1. The lowest BCUT2D eigenvalue weighted by Gasteiger charge is -2.30. The van der Waals surface area contributed by atoms with Crippen LogP contribution in [0.4, 0.5) is 0 Å². The van der Waals surface area contributed by atoms with E-state index in [1.54, 1.807) is 0 Å². The molecule has 4 nitrogen and oxygen atoms in total. The standard InChI is InChI=1S/C19H34N4S.HI/c1-4-20-19(22(3)13-11-18-7-6-16-24-18)21-12-8-17-9-14-23(5-2)15-10-17;/h6-7,16-17H,4-5,8-15H2,1-3H3,(H,20,21);1H. The van der Waals surface area contributed by atoms with Crippen molar-refractivity contribution in [2.24, 2.45) is 10.9 Å². The van der Waals surface area contributed by atoms with E-state index in [0.717, 1.165) is 37.9 Å². The number of guanidine groups is 1. The maximum atomic E-state index is 4.87. The molecule has 0 spiro atoms. The highest BCUT2D eigenvalue weighted by atomic mass is 127. The van der Waals surface area contributed by atoms with Crippen LogP contribution in [0.2, 0.25) is 0 Å².